The molecular formula is C13H16N2O3S. The largest absolute Gasteiger partial charge is 0.475 e. The van der Waals surface area contributed by atoms with Crippen LogP contribution in [0.25, 0.3) is 0 Å². The second kappa shape index (κ2) is 5.99. The van der Waals surface area contributed by atoms with Gasteiger partial charge in [-0.1, -0.05) is 13.8 Å². The predicted molar refractivity (Wildman–Crippen MR) is 72.4 cm³/mol. The number of thiazole rings is 1. The van der Waals surface area contributed by atoms with Crippen molar-refractivity contribution in [3.63, 3.8) is 0 Å². The fourth-order valence-corrected chi connectivity index (χ4v) is 2.46. The number of carboxylic acid groups (broad SMARTS) is 1. The van der Waals surface area contributed by atoms with E-state index in [0.29, 0.717) is 24.8 Å². The normalized spacial score (nSPS) is 11.1. The average molecular weight is 280 g/mol. The van der Waals surface area contributed by atoms with Gasteiger partial charge in [0.05, 0.1) is 11.6 Å². The summed E-state index contributed by atoms with van der Waals surface area (Å²) in [6.07, 6.45) is 1.87. The van der Waals surface area contributed by atoms with Crippen LogP contribution in [-0.4, -0.2) is 16.1 Å². The molecule has 2 aromatic heterocycles. The molecule has 0 saturated heterocycles. The third kappa shape index (κ3) is 3.65. The van der Waals surface area contributed by atoms with Gasteiger partial charge in [-0.15, -0.1) is 11.3 Å². The molecule has 0 radical (unpaired) electrons. The predicted octanol–water partition coefficient (Wildman–Crippen LogP) is 2.85. The van der Waals surface area contributed by atoms with Crippen molar-refractivity contribution < 1.29 is 14.3 Å². The van der Waals surface area contributed by atoms with Crippen LogP contribution >= 0.6 is 11.3 Å². The van der Waals surface area contributed by atoms with Crippen molar-refractivity contribution in [2.75, 3.05) is 0 Å². The Bertz CT molecular complexity index is 560. The molecule has 2 rings (SSSR count). The number of furan rings is 1. The number of aromatic nitrogens is 1. The van der Waals surface area contributed by atoms with Gasteiger partial charge in [0.2, 0.25) is 5.76 Å². The number of nitrogens with zero attached hydrogens (tertiary/aromatic N) is 1. The van der Waals surface area contributed by atoms with E-state index in [2.05, 4.69) is 24.1 Å². The number of nitrogens with one attached hydrogen (secondary N) is 1. The lowest BCUT2D eigenvalue weighted by molar-refractivity contribution is 0.0660. The first kappa shape index (κ1) is 13.8. The van der Waals surface area contributed by atoms with Gasteiger partial charge in [-0.05, 0) is 12.1 Å². The first-order valence-electron chi connectivity index (χ1n) is 6.03. The molecule has 19 heavy (non-hydrogen) atoms. The maximum atomic E-state index is 10.7. The highest BCUT2D eigenvalue weighted by Crippen LogP contribution is 2.20. The van der Waals surface area contributed by atoms with E-state index in [1.165, 1.54) is 6.07 Å². The number of carboxylic acids is 1. The van der Waals surface area contributed by atoms with Gasteiger partial charge >= 0.3 is 5.97 Å². The molecule has 0 spiro atoms. The molecule has 0 aromatic carbocycles. The van der Waals surface area contributed by atoms with Crippen LogP contribution in [-0.2, 0) is 13.1 Å². The highest BCUT2D eigenvalue weighted by molar-refractivity contribution is 7.11. The van der Waals surface area contributed by atoms with Crippen molar-refractivity contribution in [2.45, 2.75) is 32.9 Å². The molecule has 0 unspecified atom stereocenters. The van der Waals surface area contributed by atoms with Crippen LogP contribution in [0.15, 0.2) is 22.7 Å². The first-order chi connectivity index (χ1) is 9.06. The van der Waals surface area contributed by atoms with Gasteiger partial charge in [-0.2, -0.15) is 0 Å². The van der Waals surface area contributed by atoms with Gasteiger partial charge in [-0.25, -0.2) is 9.78 Å². The van der Waals surface area contributed by atoms with Crippen molar-refractivity contribution in [1.29, 1.82) is 0 Å². The lowest BCUT2D eigenvalue weighted by Gasteiger charge is -2.00. The minimum Gasteiger partial charge on any atom is -0.475 e. The molecule has 2 aromatic rings. The van der Waals surface area contributed by atoms with Crippen LogP contribution in [0.4, 0.5) is 0 Å². The maximum absolute atomic E-state index is 10.7. The van der Waals surface area contributed by atoms with Crippen LogP contribution in [0.1, 0.15) is 46.0 Å². The van der Waals surface area contributed by atoms with E-state index in [9.17, 15) is 4.79 Å². The Labute approximate surface area is 115 Å². The molecule has 0 aliphatic heterocycles. The minimum atomic E-state index is -1.05. The van der Waals surface area contributed by atoms with E-state index >= 15 is 0 Å². The van der Waals surface area contributed by atoms with Gasteiger partial charge in [0.25, 0.3) is 0 Å². The molecule has 0 aliphatic rings. The SMILES string of the molecule is CC(C)c1ncc(CNCc2ccc(C(=O)O)o2)s1. The zero-order valence-electron chi connectivity index (χ0n) is 10.8. The molecule has 0 saturated carbocycles. The molecule has 2 N–H and O–H groups in total. The second-order valence-electron chi connectivity index (χ2n) is 4.49. The summed E-state index contributed by atoms with van der Waals surface area (Å²) in [5.41, 5.74) is 0. The highest BCUT2D eigenvalue weighted by atomic mass is 32.1. The standard InChI is InChI=1S/C13H16N2O3S/c1-8(2)12-15-7-10(19-12)6-14-5-9-3-4-11(18-9)13(16)17/h3-4,7-8,14H,5-6H2,1-2H3,(H,16,17). The third-order valence-corrected chi connectivity index (χ3v) is 3.83. The van der Waals surface area contributed by atoms with Gasteiger partial charge in [-0.3, -0.25) is 0 Å². The van der Waals surface area contributed by atoms with Crippen molar-refractivity contribution in [3.05, 3.63) is 39.7 Å². The maximum Gasteiger partial charge on any atom is 0.371 e. The van der Waals surface area contributed by atoms with E-state index in [0.717, 1.165) is 9.88 Å². The van der Waals surface area contributed by atoms with E-state index in [-0.39, 0.29) is 5.76 Å². The number of hydrogen-bond acceptors (Lipinski definition) is 5. The quantitative estimate of drug-likeness (QED) is 0.851. The van der Waals surface area contributed by atoms with Crippen LogP contribution in [0, 0.1) is 0 Å². The smallest absolute Gasteiger partial charge is 0.371 e. The minimum absolute atomic E-state index is 0.0308. The van der Waals surface area contributed by atoms with Gasteiger partial charge < -0.3 is 14.8 Å². The summed E-state index contributed by atoms with van der Waals surface area (Å²) in [7, 11) is 0. The molecule has 6 heteroatoms. The number of aromatic carboxylic acids is 1. The Hall–Kier alpha value is -1.66. The Balaban J connectivity index is 1.83. The van der Waals surface area contributed by atoms with Crippen LogP contribution < -0.4 is 5.32 Å². The Morgan fingerprint density at radius 3 is 2.84 bits per heavy atom. The molecule has 0 bridgehead atoms. The summed E-state index contributed by atoms with van der Waals surface area (Å²) in [6, 6.07) is 3.13. The highest BCUT2D eigenvalue weighted by Gasteiger charge is 2.09. The summed E-state index contributed by atoms with van der Waals surface area (Å²) >= 11 is 1.69. The van der Waals surface area contributed by atoms with Gasteiger partial charge in [0, 0.05) is 23.5 Å². The molecule has 2 heterocycles. The van der Waals surface area contributed by atoms with E-state index in [1.54, 1.807) is 17.4 Å². The lowest BCUT2D eigenvalue weighted by Crippen LogP contribution is -2.11. The summed E-state index contributed by atoms with van der Waals surface area (Å²) in [5.74, 6) is -0.0140. The Morgan fingerprint density at radius 2 is 2.26 bits per heavy atom. The molecule has 0 aliphatic carbocycles. The fraction of sp³-hybridized carbons (Fsp3) is 0.385. The van der Waals surface area contributed by atoms with Crippen molar-refractivity contribution in [1.82, 2.24) is 10.3 Å². The topological polar surface area (TPSA) is 75.4 Å². The third-order valence-electron chi connectivity index (χ3n) is 2.54. The van der Waals surface area contributed by atoms with Crippen LogP contribution in [0.3, 0.4) is 0 Å². The summed E-state index contributed by atoms with van der Waals surface area (Å²) in [4.78, 5) is 16.2. The van der Waals surface area contributed by atoms with Gasteiger partial charge in [0.15, 0.2) is 0 Å². The Kier molecular flexibility index (Phi) is 4.34. The second-order valence-corrected chi connectivity index (χ2v) is 5.64. The van der Waals surface area contributed by atoms with E-state index in [4.69, 9.17) is 9.52 Å². The molecule has 5 nitrogen and oxygen atoms in total. The Morgan fingerprint density at radius 1 is 1.47 bits per heavy atom. The van der Waals surface area contributed by atoms with Crippen LogP contribution in [0.5, 0.6) is 0 Å². The summed E-state index contributed by atoms with van der Waals surface area (Å²) in [6.45, 7) is 5.44. The van der Waals surface area contributed by atoms with E-state index < -0.39 is 5.97 Å². The zero-order valence-corrected chi connectivity index (χ0v) is 11.7. The fourth-order valence-electron chi connectivity index (χ4n) is 1.57. The summed E-state index contributed by atoms with van der Waals surface area (Å²) < 4.78 is 5.15. The monoisotopic (exact) mass is 280 g/mol. The number of rotatable bonds is 6. The van der Waals surface area contributed by atoms with Crippen molar-refractivity contribution in [2.24, 2.45) is 0 Å². The first-order valence-corrected chi connectivity index (χ1v) is 6.85. The average Bonchev–Trinajstić information content (AvgIpc) is 2.97. The number of hydrogen-bond donors (Lipinski definition) is 2. The van der Waals surface area contributed by atoms with Gasteiger partial charge in [0.1, 0.15) is 5.76 Å². The molecule has 0 amide bonds. The number of carbonyl (C=O) groups is 1. The van der Waals surface area contributed by atoms with Crippen molar-refractivity contribution >= 4 is 17.3 Å². The van der Waals surface area contributed by atoms with Crippen molar-refractivity contribution in [3.8, 4) is 0 Å². The molecular weight excluding hydrogens is 264 g/mol. The summed E-state index contributed by atoms with van der Waals surface area (Å²) in [5, 5.41) is 13.1. The molecule has 0 atom stereocenters. The molecule has 0 fully saturated rings. The lowest BCUT2D eigenvalue weighted by atomic mass is 10.2. The van der Waals surface area contributed by atoms with Crippen LogP contribution in [0.2, 0.25) is 0 Å². The van der Waals surface area contributed by atoms with E-state index in [1.807, 2.05) is 6.20 Å². The molecule has 102 valence electrons. The zero-order chi connectivity index (χ0) is 13.8.